The maximum atomic E-state index is 13.5. The average molecular weight is 225 g/mol. The summed E-state index contributed by atoms with van der Waals surface area (Å²) in [6.45, 7) is 0. The summed E-state index contributed by atoms with van der Waals surface area (Å²) in [6, 6.07) is 3.96. The first-order valence-corrected chi connectivity index (χ1v) is 5.86. The zero-order valence-corrected chi connectivity index (χ0v) is 9.26. The van der Waals surface area contributed by atoms with Crippen LogP contribution in [0.5, 0.6) is 0 Å². The third-order valence-electron chi connectivity index (χ3n) is 3.47. The van der Waals surface area contributed by atoms with Gasteiger partial charge >= 0.3 is 0 Å². The molecule has 1 aliphatic carbocycles. The molecule has 1 aromatic carbocycles. The monoisotopic (exact) mass is 225 g/mol. The smallest absolute Gasteiger partial charge is 0.129 e. The highest BCUT2D eigenvalue weighted by Crippen LogP contribution is 2.27. The Hall–Kier alpha value is -0.960. The minimum Gasteiger partial charge on any atom is -0.327 e. The van der Waals surface area contributed by atoms with Crippen molar-refractivity contribution < 1.29 is 8.78 Å². The molecule has 1 fully saturated rings. The summed E-state index contributed by atoms with van der Waals surface area (Å²) >= 11 is 0. The normalized spacial score (nSPS) is 25.7. The maximum Gasteiger partial charge on any atom is 0.129 e. The van der Waals surface area contributed by atoms with E-state index in [0.717, 1.165) is 18.9 Å². The highest BCUT2D eigenvalue weighted by atomic mass is 19.1. The third-order valence-corrected chi connectivity index (χ3v) is 3.47. The molecule has 0 heterocycles. The van der Waals surface area contributed by atoms with Crippen molar-refractivity contribution >= 4 is 0 Å². The van der Waals surface area contributed by atoms with Crippen LogP contribution < -0.4 is 5.73 Å². The van der Waals surface area contributed by atoms with Crippen molar-refractivity contribution in [2.45, 2.75) is 38.1 Å². The molecule has 0 bridgehead atoms. The first-order chi connectivity index (χ1) is 7.66. The van der Waals surface area contributed by atoms with E-state index in [4.69, 9.17) is 5.73 Å². The van der Waals surface area contributed by atoms with E-state index >= 15 is 0 Å². The molecule has 2 rings (SSSR count). The summed E-state index contributed by atoms with van der Waals surface area (Å²) in [7, 11) is 0. The van der Waals surface area contributed by atoms with E-state index in [-0.39, 0.29) is 6.04 Å². The van der Waals surface area contributed by atoms with Gasteiger partial charge in [0, 0.05) is 12.1 Å². The fraction of sp³-hybridized carbons (Fsp3) is 0.538. The van der Waals surface area contributed by atoms with Gasteiger partial charge in [-0.2, -0.15) is 0 Å². The molecule has 2 unspecified atom stereocenters. The molecule has 2 atom stereocenters. The molecule has 88 valence electrons. The zero-order valence-electron chi connectivity index (χ0n) is 9.26. The molecule has 1 aliphatic rings. The lowest BCUT2D eigenvalue weighted by molar-refractivity contribution is 0.303. The van der Waals surface area contributed by atoms with Crippen LogP contribution in [-0.2, 0) is 6.42 Å². The van der Waals surface area contributed by atoms with Gasteiger partial charge in [-0.25, -0.2) is 8.78 Å². The van der Waals surface area contributed by atoms with E-state index in [1.54, 1.807) is 0 Å². The van der Waals surface area contributed by atoms with E-state index in [2.05, 4.69) is 0 Å². The quantitative estimate of drug-likeness (QED) is 0.822. The SMILES string of the molecule is NC1CCCCC1Cc1ccc(F)cc1F. The Labute approximate surface area is 94.7 Å². The van der Waals surface area contributed by atoms with Gasteiger partial charge in [-0.15, -0.1) is 0 Å². The van der Waals surface area contributed by atoms with Crippen molar-refractivity contribution in [3.8, 4) is 0 Å². The molecule has 16 heavy (non-hydrogen) atoms. The fourth-order valence-electron chi connectivity index (χ4n) is 2.46. The van der Waals surface area contributed by atoms with E-state index in [9.17, 15) is 8.78 Å². The zero-order chi connectivity index (χ0) is 11.5. The van der Waals surface area contributed by atoms with Crippen molar-refractivity contribution in [3.05, 3.63) is 35.4 Å². The van der Waals surface area contributed by atoms with Gasteiger partial charge in [0.1, 0.15) is 11.6 Å². The Balaban J connectivity index is 2.07. The molecule has 0 spiro atoms. The largest absolute Gasteiger partial charge is 0.327 e. The minimum absolute atomic E-state index is 0.165. The Morgan fingerprint density at radius 2 is 1.94 bits per heavy atom. The van der Waals surface area contributed by atoms with Gasteiger partial charge in [-0.1, -0.05) is 18.9 Å². The second-order valence-corrected chi connectivity index (χ2v) is 4.65. The number of nitrogens with two attached hydrogens (primary N) is 1. The summed E-state index contributed by atoms with van der Waals surface area (Å²) in [5.74, 6) is -0.624. The molecule has 0 amide bonds. The minimum atomic E-state index is -0.519. The van der Waals surface area contributed by atoms with Crippen LogP contribution in [0.3, 0.4) is 0 Å². The number of halogens is 2. The lowest BCUT2D eigenvalue weighted by atomic mass is 9.81. The van der Waals surface area contributed by atoms with Crippen LogP contribution in [0.2, 0.25) is 0 Å². The second-order valence-electron chi connectivity index (χ2n) is 4.65. The van der Waals surface area contributed by atoms with Crippen LogP contribution in [-0.4, -0.2) is 6.04 Å². The predicted octanol–water partition coefficient (Wildman–Crippen LogP) is 3.02. The van der Waals surface area contributed by atoms with Gasteiger partial charge in [0.25, 0.3) is 0 Å². The van der Waals surface area contributed by atoms with Gasteiger partial charge in [0.05, 0.1) is 0 Å². The first kappa shape index (κ1) is 11.5. The van der Waals surface area contributed by atoms with Crippen molar-refractivity contribution in [1.82, 2.24) is 0 Å². The fourth-order valence-corrected chi connectivity index (χ4v) is 2.46. The van der Waals surface area contributed by atoms with Crippen molar-refractivity contribution in [2.24, 2.45) is 11.7 Å². The van der Waals surface area contributed by atoms with Crippen molar-refractivity contribution in [3.63, 3.8) is 0 Å². The van der Waals surface area contributed by atoms with Gasteiger partial charge in [-0.05, 0) is 36.8 Å². The van der Waals surface area contributed by atoms with E-state index in [1.807, 2.05) is 0 Å². The number of rotatable bonds is 2. The molecular weight excluding hydrogens is 208 g/mol. The third kappa shape index (κ3) is 2.59. The Morgan fingerprint density at radius 1 is 1.19 bits per heavy atom. The van der Waals surface area contributed by atoms with Crippen LogP contribution in [0.15, 0.2) is 18.2 Å². The van der Waals surface area contributed by atoms with Crippen molar-refractivity contribution in [2.75, 3.05) is 0 Å². The van der Waals surface area contributed by atoms with E-state index in [0.29, 0.717) is 17.9 Å². The molecule has 0 saturated heterocycles. The van der Waals surface area contributed by atoms with Crippen LogP contribution in [0.25, 0.3) is 0 Å². The summed E-state index contributed by atoms with van der Waals surface area (Å²) in [5, 5.41) is 0. The molecule has 1 saturated carbocycles. The van der Waals surface area contributed by atoms with E-state index < -0.39 is 11.6 Å². The molecule has 3 heteroatoms. The van der Waals surface area contributed by atoms with Crippen molar-refractivity contribution in [1.29, 1.82) is 0 Å². The lowest BCUT2D eigenvalue weighted by Gasteiger charge is -2.28. The second kappa shape index (κ2) is 4.91. The molecule has 1 aromatic rings. The predicted molar refractivity (Wildman–Crippen MR) is 60.0 cm³/mol. The highest BCUT2D eigenvalue weighted by Gasteiger charge is 2.22. The lowest BCUT2D eigenvalue weighted by Crippen LogP contribution is -2.34. The Kier molecular flexibility index (Phi) is 3.54. The molecule has 0 radical (unpaired) electrons. The van der Waals surface area contributed by atoms with Gasteiger partial charge in [-0.3, -0.25) is 0 Å². The maximum absolute atomic E-state index is 13.5. The highest BCUT2D eigenvalue weighted by molar-refractivity contribution is 5.19. The molecule has 2 N–H and O–H groups in total. The average Bonchev–Trinajstić information content (AvgIpc) is 2.25. The number of hydrogen-bond donors (Lipinski definition) is 1. The van der Waals surface area contributed by atoms with Crippen LogP contribution in [0, 0.1) is 17.6 Å². The summed E-state index contributed by atoms with van der Waals surface area (Å²) < 4.78 is 26.2. The van der Waals surface area contributed by atoms with Crippen LogP contribution in [0.1, 0.15) is 31.2 Å². The summed E-state index contributed by atoms with van der Waals surface area (Å²) in [4.78, 5) is 0. The van der Waals surface area contributed by atoms with Gasteiger partial charge in [0.2, 0.25) is 0 Å². The van der Waals surface area contributed by atoms with Crippen LogP contribution >= 0.6 is 0 Å². The van der Waals surface area contributed by atoms with Crippen LogP contribution in [0.4, 0.5) is 8.78 Å². The number of benzene rings is 1. The topological polar surface area (TPSA) is 26.0 Å². The van der Waals surface area contributed by atoms with Gasteiger partial charge in [0.15, 0.2) is 0 Å². The standard InChI is InChI=1S/C13H17F2N/c14-11-6-5-9(12(15)8-11)7-10-3-1-2-4-13(10)16/h5-6,8,10,13H,1-4,7,16H2. The number of hydrogen-bond acceptors (Lipinski definition) is 1. The molecular formula is C13H17F2N. The molecule has 1 nitrogen and oxygen atoms in total. The Morgan fingerprint density at radius 3 is 2.62 bits per heavy atom. The Bertz CT molecular complexity index is 365. The first-order valence-electron chi connectivity index (χ1n) is 5.86. The molecule has 0 aromatic heterocycles. The summed E-state index contributed by atoms with van der Waals surface area (Å²) in [5.41, 5.74) is 6.60. The van der Waals surface area contributed by atoms with Gasteiger partial charge < -0.3 is 5.73 Å². The summed E-state index contributed by atoms with van der Waals surface area (Å²) in [6.07, 6.45) is 5.05. The van der Waals surface area contributed by atoms with E-state index in [1.165, 1.54) is 25.0 Å². The molecule has 0 aliphatic heterocycles.